The lowest BCUT2D eigenvalue weighted by Gasteiger charge is -2.22. The van der Waals surface area contributed by atoms with E-state index >= 15 is 0 Å². The highest BCUT2D eigenvalue weighted by Gasteiger charge is 2.33. The molecule has 1 unspecified atom stereocenters. The zero-order valence-corrected chi connectivity index (χ0v) is 19.6. The Labute approximate surface area is 174 Å². The highest BCUT2D eigenvalue weighted by molar-refractivity contribution is 6.61. The summed E-state index contributed by atoms with van der Waals surface area (Å²) in [6.45, 7) is 7.04. The van der Waals surface area contributed by atoms with Gasteiger partial charge >= 0.3 is 0 Å². The fraction of sp³-hybridized carbons (Fsp3) is 0.692. The number of benzene rings is 1. The minimum atomic E-state index is -0.767. The van der Waals surface area contributed by atoms with E-state index in [0.29, 0.717) is 0 Å². The molecule has 0 saturated carbocycles. The lowest BCUT2D eigenvalue weighted by atomic mass is 10.1. The molecule has 1 aliphatic carbocycles. The molecule has 27 heavy (non-hydrogen) atoms. The molecule has 1 atom stereocenters. The summed E-state index contributed by atoms with van der Waals surface area (Å²) in [5.41, 5.74) is 4.86. The number of hydrogen-bond acceptors (Lipinski definition) is 0. The first-order chi connectivity index (χ1) is 13.3. The average Bonchev–Trinajstić information content (AvgIpc) is 3.01. The largest absolute Gasteiger partial charge is 0.277 e. The van der Waals surface area contributed by atoms with Crippen LogP contribution in [0.25, 0.3) is 6.08 Å². The first-order valence-electron chi connectivity index (χ1n) is 12.0. The molecular weight excluding hydrogens is 339 g/mol. The van der Waals surface area contributed by atoms with E-state index in [1.807, 2.05) is 0 Å². The number of allylic oxidation sites excluding steroid dienone is 1. The molecule has 0 nitrogen and oxygen atoms in total. The first kappa shape index (κ1) is 22.8. The molecule has 0 amide bonds. The van der Waals surface area contributed by atoms with Gasteiger partial charge in [0.15, 0.2) is 0 Å². The molecule has 2 rings (SSSR count). The fourth-order valence-corrected chi connectivity index (χ4v) is 9.22. The number of hydrogen-bond donors (Lipinski definition) is 0. The maximum Gasteiger partial charge on any atom is 0.277 e. The van der Waals surface area contributed by atoms with E-state index in [-0.39, 0.29) is 0 Å². The van der Waals surface area contributed by atoms with Crippen molar-refractivity contribution >= 4 is 20.2 Å². The van der Waals surface area contributed by atoms with Crippen LogP contribution in [0.3, 0.4) is 0 Å². The summed E-state index contributed by atoms with van der Waals surface area (Å²) >= 11 is -0.767. The number of fused-ring (bicyclic) bond motifs is 1. The molecule has 0 saturated heterocycles. The van der Waals surface area contributed by atoms with Crippen molar-refractivity contribution in [3.05, 3.63) is 41.0 Å². The van der Waals surface area contributed by atoms with Crippen LogP contribution in [-0.4, -0.2) is 14.1 Å². The van der Waals surface area contributed by atoms with Gasteiger partial charge in [0, 0.05) is 0 Å². The van der Waals surface area contributed by atoms with Gasteiger partial charge in [-0.05, 0) is 22.8 Å². The Morgan fingerprint density at radius 1 is 0.704 bits per heavy atom. The lowest BCUT2D eigenvalue weighted by Crippen LogP contribution is -2.23. The molecule has 0 aromatic heterocycles. The second-order valence-electron chi connectivity index (χ2n) is 8.87. The Kier molecular flexibility index (Phi) is 11.5. The Balaban J connectivity index is 1.88. The quantitative estimate of drug-likeness (QED) is 0.210. The minimum absolute atomic E-state index is 0.767. The van der Waals surface area contributed by atoms with Crippen LogP contribution in [0.15, 0.2) is 29.8 Å². The summed E-state index contributed by atoms with van der Waals surface area (Å²) < 4.78 is 0.826. The van der Waals surface area contributed by atoms with E-state index < -0.39 is 14.1 Å². The Morgan fingerprint density at radius 3 is 1.81 bits per heavy atom. The van der Waals surface area contributed by atoms with Crippen LogP contribution in [0, 0.1) is 0 Å². The van der Waals surface area contributed by atoms with E-state index in [4.69, 9.17) is 0 Å². The third-order valence-electron chi connectivity index (χ3n) is 6.53. The van der Waals surface area contributed by atoms with Crippen LogP contribution in [0.4, 0.5) is 0 Å². The summed E-state index contributed by atoms with van der Waals surface area (Å²) in [7, 11) is 0. The van der Waals surface area contributed by atoms with Gasteiger partial charge in [-0.15, -0.1) is 0 Å². The standard InChI is InChI=1S/C10H9.2C8H17.Al/c1-8-6-9-4-2-3-5-10(9)7-8;2*1-3-5-7-8-6-4-2;/h2-7H,1H3;2*1,3-8H2,2H3;. The molecule has 1 aromatic rings. The summed E-state index contributed by atoms with van der Waals surface area (Å²) in [5.74, 6) is 0. The monoisotopic (exact) mass is 382 g/mol. The topological polar surface area (TPSA) is 0 Å². The smallest absolute Gasteiger partial charge is 0.0932 e. The van der Waals surface area contributed by atoms with Crippen LogP contribution in [0.1, 0.15) is 114 Å². The van der Waals surface area contributed by atoms with Crippen LogP contribution >= 0.6 is 0 Å². The molecule has 150 valence electrons. The van der Waals surface area contributed by atoms with E-state index in [0.717, 1.165) is 4.78 Å². The van der Waals surface area contributed by atoms with Gasteiger partial charge in [0.1, 0.15) is 0 Å². The average molecular weight is 383 g/mol. The Hall–Kier alpha value is -0.508. The summed E-state index contributed by atoms with van der Waals surface area (Å²) in [6.07, 6.45) is 19.8. The Morgan fingerprint density at radius 2 is 1.22 bits per heavy atom. The van der Waals surface area contributed by atoms with Crippen molar-refractivity contribution in [2.75, 3.05) is 0 Å². The molecule has 0 aliphatic heterocycles. The van der Waals surface area contributed by atoms with E-state index in [2.05, 4.69) is 51.1 Å². The molecule has 0 spiro atoms. The molecule has 0 bridgehead atoms. The summed E-state index contributed by atoms with van der Waals surface area (Å²) in [5, 5.41) is 3.12. The van der Waals surface area contributed by atoms with Gasteiger partial charge < -0.3 is 0 Å². The van der Waals surface area contributed by atoms with Gasteiger partial charge in [-0.2, -0.15) is 0 Å². The lowest BCUT2D eigenvalue weighted by molar-refractivity contribution is 0.615. The molecular formula is C26H43Al. The van der Waals surface area contributed by atoms with Crippen molar-refractivity contribution < 1.29 is 0 Å². The number of rotatable bonds is 15. The highest BCUT2D eigenvalue weighted by Crippen LogP contribution is 2.40. The van der Waals surface area contributed by atoms with Crippen LogP contribution < -0.4 is 0 Å². The third-order valence-corrected chi connectivity index (χ3v) is 10.7. The molecule has 0 fully saturated rings. The Bertz CT molecular complexity index is 529. The van der Waals surface area contributed by atoms with Crippen molar-refractivity contribution in [1.29, 1.82) is 0 Å². The molecule has 1 heteroatoms. The molecule has 1 aromatic carbocycles. The molecule has 0 radical (unpaired) electrons. The predicted octanol–water partition coefficient (Wildman–Crippen LogP) is 8.94. The van der Waals surface area contributed by atoms with Crippen molar-refractivity contribution in [2.45, 2.75) is 113 Å². The summed E-state index contributed by atoms with van der Waals surface area (Å²) in [4.78, 5) is 0. The third kappa shape index (κ3) is 7.79. The van der Waals surface area contributed by atoms with Gasteiger partial charge in [0.25, 0.3) is 14.1 Å². The normalized spacial score (nSPS) is 15.7. The van der Waals surface area contributed by atoms with Gasteiger partial charge in [-0.25, -0.2) is 0 Å². The van der Waals surface area contributed by atoms with Crippen LogP contribution in [-0.2, 0) is 0 Å². The zero-order valence-electron chi connectivity index (χ0n) is 18.4. The second-order valence-corrected chi connectivity index (χ2v) is 12.2. The van der Waals surface area contributed by atoms with Crippen molar-refractivity contribution in [1.82, 2.24) is 0 Å². The zero-order chi connectivity index (χ0) is 19.3. The van der Waals surface area contributed by atoms with Gasteiger partial charge in [0.2, 0.25) is 0 Å². The predicted molar refractivity (Wildman–Crippen MR) is 125 cm³/mol. The molecule has 0 N–H and O–H groups in total. The van der Waals surface area contributed by atoms with E-state index in [9.17, 15) is 0 Å². The minimum Gasteiger partial charge on any atom is -0.0932 e. The first-order valence-corrected chi connectivity index (χ1v) is 14.3. The van der Waals surface area contributed by atoms with Crippen molar-refractivity contribution in [3.63, 3.8) is 0 Å². The number of unbranched alkanes of at least 4 members (excludes halogenated alkanes) is 10. The van der Waals surface area contributed by atoms with Crippen molar-refractivity contribution in [3.8, 4) is 0 Å². The summed E-state index contributed by atoms with van der Waals surface area (Å²) in [6, 6.07) is 9.23. The van der Waals surface area contributed by atoms with Crippen LogP contribution in [0.5, 0.6) is 0 Å². The molecule has 0 heterocycles. The van der Waals surface area contributed by atoms with E-state index in [1.54, 1.807) is 21.7 Å². The van der Waals surface area contributed by atoms with Crippen molar-refractivity contribution in [2.24, 2.45) is 0 Å². The van der Waals surface area contributed by atoms with Gasteiger partial charge in [-0.1, -0.05) is 137 Å². The SMILES string of the molecule is CCCCCCC[CH2][Al]([CH2]CCCCCCC)[CH]1C(C)=Cc2ccccc21. The maximum atomic E-state index is 2.49. The highest BCUT2D eigenvalue weighted by atomic mass is 27.2. The second kappa shape index (κ2) is 13.6. The maximum absolute atomic E-state index is 2.49. The van der Waals surface area contributed by atoms with Gasteiger partial charge in [-0.3, -0.25) is 0 Å². The fourth-order valence-electron chi connectivity index (χ4n) is 4.98. The van der Waals surface area contributed by atoms with Crippen LogP contribution in [0.2, 0.25) is 10.6 Å². The van der Waals surface area contributed by atoms with Gasteiger partial charge in [0.05, 0.1) is 0 Å². The van der Waals surface area contributed by atoms with E-state index in [1.165, 1.54) is 82.6 Å². The molecule has 1 aliphatic rings.